The van der Waals surface area contributed by atoms with Crippen LogP contribution in [0.1, 0.15) is 22.8 Å². The van der Waals surface area contributed by atoms with Crippen LogP contribution in [0.2, 0.25) is 5.02 Å². The van der Waals surface area contributed by atoms with Crippen molar-refractivity contribution in [2.75, 3.05) is 0 Å². The SMILES string of the molecule is Cc1ccc(C(=O)NC(C)/C(N)=N/O)c(Cl)c1. The molecule has 4 N–H and O–H groups in total. The molecule has 1 atom stereocenters. The number of nitrogens with two attached hydrogens (primary N) is 1. The Morgan fingerprint density at radius 2 is 2.24 bits per heavy atom. The van der Waals surface area contributed by atoms with Gasteiger partial charge in [-0.1, -0.05) is 22.8 Å². The van der Waals surface area contributed by atoms with Gasteiger partial charge >= 0.3 is 0 Å². The minimum absolute atomic E-state index is 0.0680. The number of rotatable bonds is 3. The molecule has 5 nitrogen and oxygen atoms in total. The van der Waals surface area contributed by atoms with Crippen LogP contribution in [0.3, 0.4) is 0 Å². The average Bonchev–Trinajstić information content (AvgIpc) is 2.27. The molecule has 1 aromatic rings. The summed E-state index contributed by atoms with van der Waals surface area (Å²) in [5.74, 6) is -0.435. The van der Waals surface area contributed by atoms with E-state index in [0.29, 0.717) is 10.6 Å². The maximum Gasteiger partial charge on any atom is 0.253 e. The Bertz CT molecular complexity index is 460. The summed E-state index contributed by atoms with van der Waals surface area (Å²) in [4.78, 5) is 11.8. The Kier molecular flexibility index (Phi) is 4.34. The first-order valence-corrected chi connectivity index (χ1v) is 5.38. The van der Waals surface area contributed by atoms with Crippen LogP contribution in [0.4, 0.5) is 0 Å². The highest BCUT2D eigenvalue weighted by Crippen LogP contribution is 2.17. The summed E-state index contributed by atoms with van der Waals surface area (Å²) in [6, 6.07) is 4.55. The number of carbonyl (C=O) groups excluding carboxylic acids is 1. The van der Waals surface area contributed by atoms with Gasteiger partial charge in [-0.2, -0.15) is 0 Å². The second-order valence-electron chi connectivity index (χ2n) is 3.70. The lowest BCUT2D eigenvalue weighted by Gasteiger charge is -2.13. The van der Waals surface area contributed by atoms with Gasteiger partial charge in [0.05, 0.1) is 16.6 Å². The van der Waals surface area contributed by atoms with Gasteiger partial charge in [-0.15, -0.1) is 0 Å². The molecule has 0 saturated carbocycles. The van der Waals surface area contributed by atoms with Crippen molar-refractivity contribution < 1.29 is 10.0 Å². The molecular formula is C11H14ClN3O2. The monoisotopic (exact) mass is 255 g/mol. The predicted octanol–water partition coefficient (Wildman–Crippen LogP) is 1.51. The zero-order valence-corrected chi connectivity index (χ0v) is 10.3. The van der Waals surface area contributed by atoms with Gasteiger partial charge in [-0.05, 0) is 31.5 Å². The highest BCUT2D eigenvalue weighted by Gasteiger charge is 2.15. The minimum atomic E-state index is -0.565. The number of amides is 1. The highest BCUT2D eigenvalue weighted by atomic mass is 35.5. The Morgan fingerprint density at radius 3 is 2.76 bits per heavy atom. The fraction of sp³-hybridized carbons (Fsp3) is 0.273. The number of amidine groups is 1. The van der Waals surface area contributed by atoms with Gasteiger partial charge in [0.15, 0.2) is 5.84 Å². The molecule has 1 unspecified atom stereocenters. The molecule has 0 spiro atoms. The number of nitrogens with zero attached hydrogens (tertiary/aromatic N) is 1. The molecule has 0 aromatic heterocycles. The van der Waals surface area contributed by atoms with E-state index >= 15 is 0 Å². The lowest BCUT2D eigenvalue weighted by molar-refractivity contribution is 0.0949. The third-order valence-corrected chi connectivity index (χ3v) is 2.59. The smallest absolute Gasteiger partial charge is 0.253 e. The number of benzene rings is 1. The second kappa shape index (κ2) is 5.54. The largest absolute Gasteiger partial charge is 0.409 e. The van der Waals surface area contributed by atoms with Crippen LogP contribution in [0, 0.1) is 6.92 Å². The van der Waals surface area contributed by atoms with E-state index < -0.39 is 6.04 Å². The van der Waals surface area contributed by atoms with Gasteiger partial charge in [0.2, 0.25) is 0 Å². The number of hydrogen-bond acceptors (Lipinski definition) is 3. The number of nitrogens with one attached hydrogen (secondary N) is 1. The van der Waals surface area contributed by atoms with Gasteiger partial charge in [0.1, 0.15) is 0 Å². The zero-order valence-electron chi connectivity index (χ0n) is 9.57. The van der Waals surface area contributed by atoms with E-state index in [1.807, 2.05) is 6.92 Å². The van der Waals surface area contributed by atoms with Gasteiger partial charge in [-0.3, -0.25) is 4.79 Å². The Balaban J connectivity index is 2.84. The molecule has 6 heteroatoms. The Hall–Kier alpha value is -1.75. The van der Waals surface area contributed by atoms with Crippen LogP contribution in [-0.2, 0) is 0 Å². The lowest BCUT2D eigenvalue weighted by atomic mass is 10.1. The van der Waals surface area contributed by atoms with Crippen molar-refractivity contribution in [3.05, 3.63) is 34.3 Å². The normalized spacial score (nSPS) is 13.2. The van der Waals surface area contributed by atoms with Crippen molar-refractivity contribution in [2.45, 2.75) is 19.9 Å². The zero-order chi connectivity index (χ0) is 13.0. The number of hydrogen-bond donors (Lipinski definition) is 3. The first-order valence-electron chi connectivity index (χ1n) is 5.00. The van der Waals surface area contributed by atoms with Gasteiger partial charge in [-0.25, -0.2) is 0 Å². The average molecular weight is 256 g/mol. The van der Waals surface area contributed by atoms with Crippen molar-refractivity contribution in [1.29, 1.82) is 0 Å². The number of carbonyl (C=O) groups is 1. The van der Waals surface area contributed by atoms with Crippen LogP contribution in [0.15, 0.2) is 23.4 Å². The van der Waals surface area contributed by atoms with Crippen LogP contribution >= 0.6 is 11.6 Å². The number of aryl methyl sites for hydroxylation is 1. The van der Waals surface area contributed by atoms with Crippen molar-refractivity contribution in [3.63, 3.8) is 0 Å². The van der Waals surface area contributed by atoms with E-state index in [1.165, 1.54) is 0 Å². The standard InChI is InChI=1S/C11H14ClN3O2/c1-6-3-4-8(9(12)5-6)11(16)14-7(2)10(13)15-17/h3-5,7,17H,1-2H3,(H2,13,15)(H,14,16). The maximum atomic E-state index is 11.8. The summed E-state index contributed by atoms with van der Waals surface area (Å²) in [7, 11) is 0. The molecule has 0 aliphatic heterocycles. The molecule has 0 aliphatic rings. The summed E-state index contributed by atoms with van der Waals surface area (Å²) in [5, 5.41) is 14.2. The minimum Gasteiger partial charge on any atom is -0.409 e. The first-order chi connectivity index (χ1) is 7.95. The number of halogens is 1. The molecular weight excluding hydrogens is 242 g/mol. The van der Waals surface area contributed by atoms with Crippen LogP contribution < -0.4 is 11.1 Å². The van der Waals surface area contributed by atoms with Crippen molar-refractivity contribution >= 4 is 23.3 Å². The molecule has 0 fully saturated rings. The fourth-order valence-electron chi connectivity index (χ4n) is 1.24. The predicted molar refractivity (Wildman–Crippen MR) is 66.5 cm³/mol. The van der Waals surface area contributed by atoms with Gasteiger partial charge in [0.25, 0.3) is 5.91 Å². The molecule has 17 heavy (non-hydrogen) atoms. The molecule has 0 heterocycles. The Morgan fingerprint density at radius 1 is 1.59 bits per heavy atom. The molecule has 1 aromatic carbocycles. The first kappa shape index (κ1) is 13.3. The van der Waals surface area contributed by atoms with E-state index in [9.17, 15) is 4.79 Å². The highest BCUT2D eigenvalue weighted by molar-refractivity contribution is 6.34. The van der Waals surface area contributed by atoms with Crippen molar-refractivity contribution in [1.82, 2.24) is 5.32 Å². The van der Waals surface area contributed by atoms with Crippen LogP contribution in [-0.4, -0.2) is 23.0 Å². The quantitative estimate of drug-likeness (QED) is 0.331. The third kappa shape index (κ3) is 3.35. The van der Waals surface area contributed by atoms with Crippen molar-refractivity contribution in [2.24, 2.45) is 10.9 Å². The molecule has 1 rings (SSSR count). The fourth-order valence-corrected chi connectivity index (χ4v) is 1.56. The van der Waals surface area contributed by atoms with E-state index in [0.717, 1.165) is 5.56 Å². The molecule has 0 aliphatic carbocycles. The van der Waals surface area contributed by atoms with Gasteiger partial charge < -0.3 is 16.3 Å². The summed E-state index contributed by atoms with van der Waals surface area (Å²) in [6.45, 7) is 3.49. The number of oxime groups is 1. The Labute approximate surface area is 104 Å². The van der Waals surface area contributed by atoms with Gasteiger partial charge in [0, 0.05) is 0 Å². The third-order valence-electron chi connectivity index (χ3n) is 2.28. The molecule has 92 valence electrons. The topological polar surface area (TPSA) is 87.7 Å². The van der Waals surface area contributed by atoms with E-state index in [2.05, 4.69) is 10.5 Å². The van der Waals surface area contributed by atoms with Crippen molar-refractivity contribution in [3.8, 4) is 0 Å². The molecule has 0 radical (unpaired) electrons. The second-order valence-corrected chi connectivity index (χ2v) is 4.11. The molecule has 1 amide bonds. The molecule has 0 saturated heterocycles. The van der Waals surface area contributed by atoms with Crippen LogP contribution in [0.5, 0.6) is 0 Å². The van der Waals surface area contributed by atoms with E-state index in [-0.39, 0.29) is 11.7 Å². The summed E-state index contributed by atoms with van der Waals surface area (Å²) >= 11 is 5.95. The molecule has 0 bridgehead atoms. The summed E-state index contributed by atoms with van der Waals surface area (Å²) < 4.78 is 0. The summed E-state index contributed by atoms with van der Waals surface area (Å²) in [5.41, 5.74) is 6.68. The summed E-state index contributed by atoms with van der Waals surface area (Å²) in [6.07, 6.45) is 0. The van der Waals surface area contributed by atoms with E-state index in [1.54, 1.807) is 25.1 Å². The van der Waals surface area contributed by atoms with E-state index in [4.69, 9.17) is 22.5 Å². The van der Waals surface area contributed by atoms with Crippen LogP contribution in [0.25, 0.3) is 0 Å². The maximum absolute atomic E-state index is 11.8. The lowest BCUT2D eigenvalue weighted by Crippen LogP contribution is -2.42.